The lowest BCUT2D eigenvalue weighted by Gasteiger charge is -2.07. The van der Waals surface area contributed by atoms with Gasteiger partial charge in [-0.1, -0.05) is 12.1 Å². The molecular weight excluding hydrogens is 334 g/mol. The number of pyridine rings is 2. The molecule has 0 N–H and O–H groups in total. The minimum atomic E-state index is -0.481. The van der Waals surface area contributed by atoms with Gasteiger partial charge in [-0.05, 0) is 30.3 Å². The highest BCUT2D eigenvalue weighted by molar-refractivity contribution is 6.09. The summed E-state index contributed by atoms with van der Waals surface area (Å²) in [6.07, 6.45) is 3.23. The first-order valence-corrected chi connectivity index (χ1v) is 7.67. The number of fused-ring (bicyclic) bond motifs is 1. The van der Waals surface area contributed by atoms with E-state index in [9.17, 15) is 10.1 Å². The normalized spacial score (nSPS) is 12.9. The van der Waals surface area contributed by atoms with E-state index < -0.39 is 4.92 Å². The predicted octanol–water partition coefficient (Wildman–Crippen LogP) is 3.57. The fourth-order valence-electron chi connectivity index (χ4n) is 2.36. The van der Waals surface area contributed by atoms with Gasteiger partial charge in [0.2, 0.25) is 11.8 Å². The zero-order valence-electron chi connectivity index (χ0n) is 13.3. The van der Waals surface area contributed by atoms with Crippen LogP contribution in [0.1, 0.15) is 11.4 Å². The lowest BCUT2D eigenvalue weighted by Crippen LogP contribution is -2.15. The molecule has 0 aliphatic carbocycles. The Morgan fingerprint density at radius 1 is 0.808 bits per heavy atom. The molecule has 0 saturated heterocycles. The Kier molecular flexibility index (Phi) is 3.91. The molecule has 0 fully saturated rings. The topological polar surface area (TPSA) is 103 Å². The second-order valence-electron chi connectivity index (χ2n) is 5.30. The molecule has 0 unspecified atom stereocenters. The molecule has 0 spiro atoms. The number of nitro groups is 1. The molecule has 2 aromatic heterocycles. The third kappa shape index (κ3) is 3.03. The van der Waals surface area contributed by atoms with Crippen molar-refractivity contribution in [1.82, 2.24) is 9.97 Å². The van der Waals surface area contributed by atoms with Crippen molar-refractivity contribution >= 4 is 28.9 Å². The molecule has 126 valence electrons. The predicted molar refractivity (Wildman–Crippen MR) is 95.0 cm³/mol. The molecule has 8 heteroatoms. The summed E-state index contributed by atoms with van der Waals surface area (Å²) in [7, 11) is 0. The summed E-state index contributed by atoms with van der Waals surface area (Å²) in [4.78, 5) is 28.0. The number of aliphatic imine (C=N–C) groups is 2. The van der Waals surface area contributed by atoms with Crippen molar-refractivity contribution in [1.29, 1.82) is 0 Å². The Morgan fingerprint density at radius 3 is 1.96 bits per heavy atom. The molecule has 1 aromatic carbocycles. The molecule has 0 atom stereocenters. The quantitative estimate of drug-likeness (QED) is 0.533. The van der Waals surface area contributed by atoms with Gasteiger partial charge >= 0.3 is 0 Å². The number of hydrogen-bond donors (Lipinski definition) is 0. The van der Waals surface area contributed by atoms with Crippen LogP contribution in [-0.4, -0.2) is 26.7 Å². The van der Waals surface area contributed by atoms with E-state index in [0.29, 0.717) is 22.8 Å². The fraction of sp³-hybridized carbons (Fsp3) is 0. The van der Waals surface area contributed by atoms with Crippen molar-refractivity contribution in [3.8, 4) is 0 Å². The molecule has 0 saturated carbocycles. The van der Waals surface area contributed by atoms with Crippen LogP contribution >= 0.6 is 0 Å². The van der Waals surface area contributed by atoms with Crippen molar-refractivity contribution in [3.05, 3.63) is 88.5 Å². The highest BCUT2D eigenvalue weighted by Gasteiger charge is 2.21. The van der Waals surface area contributed by atoms with E-state index in [-0.39, 0.29) is 17.5 Å². The van der Waals surface area contributed by atoms with Gasteiger partial charge in [0.25, 0.3) is 5.69 Å². The lowest BCUT2D eigenvalue weighted by atomic mass is 10.2. The SMILES string of the molecule is O=[N+]([O-])c1ccc2c(c1)N=C(c1ccccn1)OC(c1ccccn1)=N2. The van der Waals surface area contributed by atoms with E-state index >= 15 is 0 Å². The average molecular weight is 345 g/mol. The molecule has 1 aliphatic rings. The third-order valence-electron chi connectivity index (χ3n) is 3.58. The Labute approximate surface area is 147 Å². The van der Waals surface area contributed by atoms with Crippen molar-refractivity contribution in [2.75, 3.05) is 0 Å². The second kappa shape index (κ2) is 6.52. The van der Waals surface area contributed by atoms with E-state index in [1.807, 2.05) is 6.07 Å². The Morgan fingerprint density at radius 2 is 1.42 bits per heavy atom. The summed E-state index contributed by atoms with van der Waals surface area (Å²) >= 11 is 0. The molecule has 8 nitrogen and oxygen atoms in total. The van der Waals surface area contributed by atoms with Gasteiger partial charge in [0, 0.05) is 24.5 Å². The number of aromatic nitrogens is 2. The van der Waals surface area contributed by atoms with Crippen LogP contribution in [0.25, 0.3) is 0 Å². The average Bonchev–Trinajstić information content (AvgIpc) is 2.88. The Bertz CT molecular complexity index is 1030. The van der Waals surface area contributed by atoms with Crippen LogP contribution < -0.4 is 0 Å². The fourth-order valence-corrected chi connectivity index (χ4v) is 2.36. The summed E-state index contributed by atoms with van der Waals surface area (Å²) in [6.45, 7) is 0. The summed E-state index contributed by atoms with van der Waals surface area (Å²) in [5.41, 5.74) is 1.69. The van der Waals surface area contributed by atoms with Crippen LogP contribution in [-0.2, 0) is 4.74 Å². The molecule has 3 heterocycles. The minimum absolute atomic E-state index is 0.0793. The van der Waals surface area contributed by atoms with Gasteiger partial charge in [-0.15, -0.1) is 0 Å². The first kappa shape index (κ1) is 15.6. The zero-order valence-corrected chi connectivity index (χ0v) is 13.3. The van der Waals surface area contributed by atoms with E-state index in [0.717, 1.165) is 0 Å². The van der Waals surface area contributed by atoms with Crippen LogP contribution in [0, 0.1) is 10.1 Å². The summed E-state index contributed by atoms with van der Waals surface area (Å²) < 4.78 is 5.87. The van der Waals surface area contributed by atoms with Gasteiger partial charge in [-0.25, -0.2) is 9.98 Å². The number of hydrogen-bond acceptors (Lipinski definition) is 7. The molecule has 26 heavy (non-hydrogen) atoms. The molecule has 1 aliphatic heterocycles. The summed E-state index contributed by atoms with van der Waals surface area (Å²) in [5.74, 6) is 0.428. The molecule has 3 aromatic rings. The van der Waals surface area contributed by atoms with E-state index in [2.05, 4.69) is 20.0 Å². The maximum Gasteiger partial charge on any atom is 0.271 e. The largest absolute Gasteiger partial charge is 0.416 e. The van der Waals surface area contributed by atoms with E-state index in [4.69, 9.17) is 4.74 Å². The van der Waals surface area contributed by atoms with Gasteiger partial charge in [0.15, 0.2) is 0 Å². The van der Waals surface area contributed by atoms with Crippen molar-refractivity contribution in [3.63, 3.8) is 0 Å². The lowest BCUT2D eigenvalue weighted by molar-refractivity contribution is -0.384. The molecule has 0 bridgehead atoms. The smallest absolute Gasteiger partial charge is 0.271 e. The molecule has 4 rings (SSSR count). The Balaban J connectivity index is 1.90. The van der Waals surface area contributed by atoms with Gasteiger partial charge in [0.1, 0.15) is 11.4 Å². The maximum absolute atomic E-state index is 11.1. The molecular formula is C18H11N5O3. The van der Waals surface area contributed by atoms with Gasteiger partial charge in [-0.3, -0.25) is 20.1 Å². The molecule has 0 radical (unpaired) electrons. The highest BCUT2D eigenvalue weighted by atomic mass is 16.6. The Hall–Kier alpha value is -3.94. The standard InChI is InChI=1S/C18H11N5O3/c24-23(25)12-7-8-13-16(11-12)22-18(15-6-2-4-10-20-15)26-17(21-13)14-5-1-3-9-19-14/h1-11H. The minimum Gasteiger partial charge on any atom is -0.416 e. The number of rotatable bonds is 3. The summed E-state index contributed by atoms with van der Waals surface area (Å²) in [6, 6.07) is 14.9. The van der Waals surface area contributed by atoms with E-state index in [1.165, 1.54) is 18.2 Å². The zero-order chi connectivity index (χ0) is 17.9. The summed E-state index contributed by atoms with van der Waals surface area (Å²) in [5, 5.41) is 11.1. The van der Waals surface area contributed by atoms with Crippen LogP contribution in [0.3, 0.4) is 0 Å². The first-order chi connectivity index (χ1) is 12.7. The maximum atomic E-state index is 11.1. The first-order valence-electron chi connectivity index (χ1n) is 7.67. The van der Waals surface area contributed by atoms with E-state index in [1.54, 1.807) is 42.7 Å². The van der Waals surface area contributed by atoms with Gasteiger partial charge in [-0.2, -0.15) is 0 Å². The number of benzene rings is 1. The van der Waals surface area contributed by atoms with Gasteiger partial charge < -0.3 is 4.74 Å². The van der Waals surface area contributed by atoms with Crippen molar-refractivity contribution in [2.45, 2.75) is 0 Å². The number of ether oxygens (including phenoxy) is 1. The number of nitrogens with zero attached hydrogens (tertiary/aromatic N) is 5. The third-order valence-corrected chi connectivity index (χ3v) is 3.58. The van der Waals surface area contributed by atoms with Crippen molar-refractivity contribution in [2.24, 2.45) is 9.98 Å². The van der Waals surface area contributed by atoms with Crippen molar-refractivity contribution < 1.29 is 9.66 Å². The highest BCUT2D eigenvalue weighted by Crippen LogP contribution is 2.34. The van der Waals surface area contributed by atoms with Crippen LogP contribution in [0.5, 0.6) is 0 Å². The molecule has 0 amide bonds. The van der Waals surface area contributed by atoms with Crippen LogP contribution in [0.15, 0.2) is 77.0 Å². The van der Waals surface area contributed by atoms with Crippen LogP contribution in [0.2, 0.25) is 0 Å². The number of nitro benzene ring substituents is 1. The van der Waals surface area contributed by atoms with Gasteiger partial charge in [0.05, 0.1) is 16.3 Å². The second-order valence-corrected chi connectivity index (χ2v) is 5.30. The van der Waals surface area contributed by atoms with Crippen LogP contribution in [0.4, 0.5) is 17.1 Å². The monoisotopic (exact) mass is 345 g/mol. The number of non-ortho nitro benzene ring substituents is 1.